The third-order valence-corrected chi connectivity index (χ3v) is 4.98. The SMILES string of the molecule is CN=C(NCCc1nnc2n1CCCCC2)NCC1(C)CCCO1.I. The lowest BCUT2D eigenvalue weighted by Gasteiger charge is -2.24. The van der Waals surface area contributed by atoms with Crippen molar-refractivity contribution in [1.29, 1.82) is 0 Å². The van der Waals surface area contributed by atoms with Gasteiger partial charge in [-0.1, -0.05) is 6.42 Å². The quantitative estimate of drug-likeness (QED) is 0.397. The van der Waals surface area contributed by atoms with Crippen molar-refractivity contribution in [3.05, 3.63) is 11.6 Å². The first-order valence-corrected chi connectivity index (χ1v) is 9.20. The Kier molecular flexibility index (Phi) is 7.92. The molecule has 25 heavy (non-hydrogen) atoms. The van der Waals surface area contributed by atoms with Gasteiger partial charge in [0, 0.05) is 46.1 Å². The maximum atomic E-state index is 5.81. The number of rotatable bonds is 5. The van der Waals surface area contributed by atoms with Crippen molar-refractivity contribution in [2.45, 2.75) is 64.0 Å². The zero-order chi connectivity index (χ0) is 16.8. The monoisotopic (exact) mass is 462 g/mol. The normalized spacial score (nSPS) is 23.5. The summed E-state index contributed by atoms with van der Waals surface area (Å²) in [5.41, 5.74) is -0.0675. The minimum absolute atomic E-state index is 0. The van der Waals surface area contributed by atoms with Gasteiger partial charge in [0.15, 0.2) is 5.96 Å². The standard InChI is InChI=1S/C17H30N6O.HI/c1-17(9-6-12-24-17)13-20-16(18-2)19-10-8-15-22-21-14-7-4-3-5-11-23(14)15;/h3-13H2,1-2H3,(H2,18,19,20);1H. The van der Waals surface area contributed by atoms with Gasteiger partial charge in [0.2, 0.25) is 0 Å². The van der Waals surface area contributed by atoms with E-state index in [0.29, 0.717) is 0 Å². The molecule has 142 valence electrons. The zero-order valence-corrected chi connectivity index (χ0v) is 17.7. The lowest BCUT2D eigenvalue weighted by Crippen LogP contribution is -2.46. The van der Waals surface area contributed by atoms with Gasteiger partial charge in [-0.25, -0.2) is 0 Å². The molecule has 8 heteroatoms. The average Bonchev–Trinajstić information content (AvgIpc) is 3.10. The molecule has 0 spiro atoms. The predicted octanol–water partition coefficient (Wildman–Crippen LogP) is 1.90. The van der Waals surface area contributed by atoms with Crippen LogP contribution in [0.4, 0.5) is 0 Å². The van der Waals surface area contributed by atoms with Crippen LogP contribution in [-0.2, 0) is 24.1 Å². The molecule has 1 saturated heterocycles. The van der Waals surface area contributed by atoms with E-state index in [4.69, 9.17) is 4.74 Å². The lowest BCUT2D eigenvalue weighted by molar-refractivity contribution is 0.0243. The molecule has 1 atom stereocenters. The maximum Gasteiger partial charge on any atom is 0.191 e. The first-order valence-electron chi connectivity index (χ1n) is 9.20. The Hall–Kier alpha value is -0.900. The molecule has 0 radical (unpaired) electrons. The number of hydrogen-bond acceptors (Lipinski definition) is 4. The molecule has 7 nitrogen and oxygen atoms in total. The van der Waals surface area contributed by atoms with Crippen molar-refractivity contribution in [1.82, 2.24) is 25.4 Å². The molecule has 1 aromatic heterocycles. The van der Waals surface area contributed by atoms with E-state index in [1.807, 2.05) is 0 Å². The van der Waals surface area contributed by atoms with Gasteiger partial charge >= 0.3 is 0 Å². The Morgan fingerprint density at radius 1 is 1.24 bits per heavy atom. The minimum Gasteiger partial charge on any atom is -0.373 e. The second kappa shape index (κ2) is 9.70. The molecule has 3 heterocycles. The number of guanidine groups is 1. The summed E-state index contributed by atoms with van der Waals surface area (Å²) in [4.78, 5) is 4.30. The predicted molar refractivity (Wildman–Crippen MR) is 110 cm³/mol. The molecule has 0 saturated carbocycles. The molecule has 0 aromatic carbocycles. The summed E-state index contributed by atoms with van der Waals surface area (Å²) in [7, 11) is 1.80. The van der Waals surface area contributed by atoms with Crippen LogP contribution in [-0.4, -0.2) is 53.1 Å². The lowest BCUT2D eigenvalue weighted by atomic mass is 10.0. The molecule has 1 unspecified atom stereocenters. The maximum absolute atomic E-state index is 5.81. The van der Waals surface area contributed by atoms with Crippen LogP contribution in [0.3, 0.4) is 0 Å². The highest BCUT2D eigenvalue weighted by atomic mass is 127. The van der Waals surface area contributed by atoms with Gasteiger partial charge in [0.25, 0.3) is 0 Å². The Labute approximate surface area is 167 Å². The van der Waals surface area contributed by atoms with Crippen LogP contribution in [0.1, 0.15) is 50.7 Å². The van der Waals surface area contributed by atoms with Crippen LogP contribution in [0.25, 0.3) is 0 Å². The van der Waals surface area contributed by atoms with E-state index in [-0.39, 0.29) is 29.6 Å². The summed E-state index contributed by atoms with van der Waals surface area (Å²) in [5.74, 6) is 3.06. The number of hydrogen-bond donors (Lipinski definition) is 2. The fourth-order valence-electron chi connectivity index (χ4n) is 3.49. The average molecular weight is 462 g/mol. The molecule has 1 fully saturated rings. The molecular formula is C17H31IN6O. The van der Waals surface area contributed by atoms with Crippen molar-refractivity contribution < 1.29 is 4.74 Å². The summed E-state index contributed by atoms with van der Waals surface area (Å²) in [6.45, 7) is 5.66. The topological polar surface area (TPSA) is 76.4 Å². The fourth-order valence-corrected chi connectivity index (χ4v) is 3.49. The molecule has 1 aromatic rings. The summed E-state index contributed by atoms with van der Waals surface area (Å²) in [5, 5.41) is 15.5. The summed E-state index contributed by atoms with van der Waals surface area (Å²) in [6, 6.07) is 0. The number of nitrogens with one attached hydrogen (secondary N) is 2. The summed E-state index contributed by atoms with van der Waals surface area (Å²) >= 11 is 0. The Balaban J connectivity index is 0.00000225. The van der Waals surface area contributed by atoms with Gasteiger partial charge in [0.1, 0.15) is 11.6 Å². The number of aromatic nitrogens is 3. The Bertz CT molecular complexity index is 567. The fraction of sp³-hybridized carbons (Fsp3) is 0.824. The smallest absolute Gasteiger partial charge is 0.191 e. The van der Waals surface area contributed by atoms with E-state index in [2.05, 4.69) is 37.3 Å². The van der Waals surface area contributed by atoms with Crippen molar-refractivity contribution in [3.8, 4) is 0 Å². The van der Waals surface area contributed by atoms with Crippen molar-refractivity contribution in [2.75, 3.05) is 26.7 Å². The van der Waals surface area contributed by atoms with E-state index in [1.165, 1.54) is 19.3 Å². The van der Waals surface area contributed by atoms with Crippen molar-refractivity contribution in [3.63, 3.8) is 0 Å². The highest BCUT2D eigenvalue weighted by Crippen LogP contribution is 2.23. The molecule has 0 bridgehead atoms. The van der Waals surface area contributed by atoms with Crippen LogP contribution >= 0.6 is 24.0 Å². The number of nitrogens with zero attached hydrogens (tertiary/aromatic N) is 4. The van der Waals surface area contributed by atoms with E-state index in [1.54, 1.807) is 7.05 Å². The molecule has 2 aliphatic heterocycles. The van der Waals surface area contributed by atoms with Crippen molar-refractivity contribution in [2.24, 2.45) is 4.99 Å². The van der Waals surface area contributed by atoms with Gasteiger partial charge in [-0.3, -0.25) is 4.99 Å². The molecule has 2 N–H and O–H groups in total. The molecule has 0 amide bonds. The van der Waals surface area contributed by atoms with Gasteiger partial charge in [0.05, 0.1) is 5.60 Å². The third-order valence-electron chi connectivity index (χ3n) is 4.98. The van der Waals surface area contributed by atoms with Gasteiger partial charge in [-0.2, -0.15) is 0 Å². The van der Waals surface area contributed by atoms with Crippen LogP contribution in [0.5, 0.6) is 0 Å². The third kappa shape index (κ3) is 5.54. The largest absolute Gasteiger partial charge is 0.373 e. The number of fused-ring (bicyclic) bond motifs is 1. The number of aliphatic imine (C=N–C) groups is 1. The number of ether oxygens (including phenoxy) is 1. The van der Waals surface area contributed by atoms with E-state index < -0.39 is 0 Å². The second-order valence-electron chi connectivity index (χ2n) is 7.00. The first kappa shape index (κ1) is 20.4. The van der Waals surface area contributed by atoms with E-state index >= 15 is 0 Å². The molecular weight excluding hydrogens is 431 g/mol. The van der Waals surface area contributed by atoms with E-state index in [9.17, 15) is 0 Å². The second-order valence-corrected chi connectivity index (χ2v) is 7.00. The van der Waals surface area contributed by atoms with Crippen LogP contribution < -0.4 is 10.6 Å². The van der Waals surface area contributed by atoms with Gasteiger partial charge in [-0.05, 0) is 32.6 Å². The minimum atomic E-state index is -0.0675. The zero-order valence-electron chi connectivity index (χ0n) is 15.4. The van der Waals surface area contributed by atoms with Crippen LogP contribution in [0.2, 0.25) is 0 Å². The molecule has 0 aliphatic carbocycles. The van der Waals surface area contributed by atoms with Crippen LogP contribution in [0.15, 0.2) is 4.99 Å². The summed E-state index contributed by atoms with van der Waals surface area (Å²) < 4.78 is 8.11. The Morgan fingerprint density at radius 2 is 2.12 bits per heavy atom. The van der Waals surface area contributed by atoms with Gasteiger partial charge in [-0.15, -0.1) is 34.2 Å². The van der Waals surface area contributed by atoms with Gasteiger partial charge < -0.3 is 19.9 Å². The van der Waals surface area contributed by atoms with E-state index in [0.717, 1.165) is 69.5 Å². The van der Waals surface area contributed by atoms with Crippen LogP contribution in [0, 0.1) is 0 Å². The Morgan fingerprint density at radius 3 is 2.88 bits per heavy atom. The molecule has 3 rings (SSSR count). The molecule has 2 aliphatic rings. The summed E-state index contributed by atoms with van der Waals surface area (Å²) in [6.07, 6.45) is 7.91. The highest BCUT2D eigenvalue weighted by Gasteiger charge is 2.29. The van der Waals surface area contributed by atoms with Crippen molar-refractivity contribution >= 4 is 29.9 Å². The number of halogens is 1. The number of aryl methyl sites for hydroxylation is 1. The first-order chi connectivity index (χ1) is 11.7. The highest BCUT2D eigenvalue weighted by molar-refractivity contribution is 14.0.